The SMILES string of the molecule is C1=C2SC=C(C3CCC3)N2CC1. The van der Waals surface area contributed by atoms with Gasteiger partial charge in [-0.3, -0.25) is 0 Å². The Hall–Kier alpha value is -0.370. The van der Waals surface area contributed by atoms with Crippen molar-refractivity contribution in [1.29, 1.82) is 0 Å². The maximum Gasteiger partial charge on any atom is 0.0753 e. The van der Waals surface area contributed by atoms with E-state index in [1.807, 2.05) is 11.8 Å². The molecule has 1 nitrogen and oxygen atoms in total. The summed E-state index contributed by atoms with van der Waals surface area (Å²) in [6, 6.07) is 0. The van der Waals surface area contributed by atoms with Crippen LogP contribution in [0.15, 0.2) is 22.2 Å². The van der Waals surface area contributed by atoms with Gasteiger partial charge >= 0.3 is 0 Å². The number of allylic oxidation sites excluding steroid dienone is 1. The van der Waals surface area contributed by atoms with Gasteiger partial charge in [0.15, 0.2) is 0 Å². The summed E-state index contributed by atoms with van der Waals surface area (Å²) in [6.45, 7) is 1.24. The van der Waals surface area contributed by atoms with Crippen LogP contribution in [0.4, 0.5) is 0 Å². The van der Waals surface area contributed by atoms with Gasteiger partial charge in [-0.2, -0.15) is 0 Å². The minimum Gasteiger partial charge on any atom is -0.339 e. The maximum absolute atomic E-state index is 2.52. The van der Waals surface area contributed by atoms with Gasteiger partial charge in [-0.25, -0.2) is 0 Å². The molecule has 0 aromatic heterocycles. The Bertz CT molecular complexity index is 263. The third-order valence-corrected chi connectivity index (χ3v) is 4.06. The first-order valence-electron chi connectivity index (χ1n) is 4.79. The van der Waals surface area contributed by atoms with Crippen LogP contribution in [-0.2, 0) is 0 Å². The van der Waals surface area contributed by atoms with E-state index in [1.165, 1.54) is 37.3 Å². The van der Waals surface area contributed by atoms with E-state index in [2.05, 4.69) is 16.4 Å². The van der Waals surface area contributed by atoms with Gasteiger partial charge in [-0.15, -0.1) is 0 Å². The van der Waals surface area contributed by atoms with Crippen molar-refractivity contribution in [2.75, 3.05) is 6.54 Å². The van der Waals surface area contributed by atoms with Gasteiger partial charge < -0.3 is 4.90 Å². The molecule has 0 aromatic rings. The Morgan fingerprint density at radius 1 is 1.42 bits per heavy atom. The van der Waals surface area contributed by atoms with Gasteiger partial charge in [-0.05, 0) is 30.6 Å². The summed E-state index contributed by atoms with van der Waals surface area (Å²) in [4.78, 5) is 2.52. The minimum atomic E-state index is 0.904. The molecule has 0 N–H and O–H groups in total. The summed E-state index contributed by atoms with van der Waals surface area (Å²) in [7, 11) is 0. The molecule has 3 rings (SSSR count). The van der Waals surface area contributed by atoms with Gasteiger partial charge in [0.25, 0.3) is 0 Å². The first kappa shape index (κ1) is 7.07. The molecule has 12 heavy (non-hydrogen) atoms. The Balaban J connectivity index is 1.82. The number of fused-ring (bicyclic) bond motifs is 1. The second-order valence-corrected chi connectivity index (χ2v) is 4.66. The molecule has 1 aliphatic carbocycles. The second-order valence-electron chi connectivity index (χ2n) is 3.77. The third-order valence-electron chi connectivity index (χ3n) is 3.07. The van der Waals surface area contributed by atoms with Crippen molar-refractivity contribution >= 4 is 11.8 Å². The fourth-order valence-corrected chi connectivity index (χ4v) is 3.21. The van der Waals surface area contributed by atoms with Crippen LogP contribution in [0.5, 0.6) is 0 Å². The van der Waals surface area contributed by atoms with Crippen molar-refractivity contribution in [1.82, 2.24) is 4.90 Å². The van der Waals surface area contributed by atoms with E-state index in [0.29, 0.717) is 0 Å². The summed E-state index contributed by atoms with van der Waals surface area (Å²) in [6.07, 6.45) is 7.92. The Kier molecular flexibility index (Phi) is 1.51. The molecule has 1 saturated carbocycles. The predicted octanol–water partition coefficient (Wildman–Crippen LogP) is 2.92. The molecule has 0 spiro atoms. The van der Waals surface area contributed by atoms with Crippen LogP contribution in [0.1, 0.15) is 25.7 Å². The zero-order chi connectivity index (χ0) is 7.97. The fraction of sp³-hybridized carbons (Fsp3) is 0.600. The first-order valence-corrected chi connectivity index (χ1v) is 5.67. The molecule has 0 bridgehead atoms. The molecule has 2 heterocycles. The molecule has 0 saturated heterocycles. The number of hydrogen-bond acceptors (Lipinski definition) is 2. The van der Waals surface area contributed by atoms with Crippen LogP contribution in [0.2, 0.25) is 0 Å². The van der Waals surface area contributed by atoms with Crippen LogP contribution >= 0.6 is 11.8 Å². The highest BCUT2D eigenvalue weighted by molar-refractivity contribution is 8.06. The van der Waals surface area contributed by atoms with Gasteiger partial charge in [0, 0.05) is 12.2 Å². The lowest BCUT2D eigenvalue weighted by Gasteiger charge is -2.31. The highest BCUT2D eigenvalue weighted by Crippen LogP contribution is 2.46. The van der Waals surface area contributed by atoms with E-state index in [-0.39, 0.29) is 0 Å². The molecule has 0 aromatic carbocycles. The molecule has 1 fully saturated rings. The van der Waals surface area contributed by atoms with Crippen LogP contribution in [0.3, 0.4) is 0 Å². The maximum atomic E-state index is 2.52. The molecule has 2 aliphatic heterocycles. The van der Waals surface area contributed by atoms with Crippen molar-refractivity contribution in [3.8, 4) is 0 Å². The van der Waals surface area contributed by atoms with Gasteiger partial charge in [-0.1, -0.05) is 24.3 Å². The van der Waals surface area contributed by atoms with Crippen LogP contribution in [0.25, 0.3) is 0 Å². The first-order chi connectivity index (χ1) is 5.95. The van der Waals surface area contributed by atoms with Crippen molar-refractivity contribution < 1.29 is 0 Å². The van der Waals surface area contributed by atoms with Crippen molar-refractivity contribution in [3.05, 3.63) is 22.2 Å². The highest BCUT2D eigenvalue weighted by Gasteiger charge is 2.32. The summed E-state index contributed by atoms with van der Waals surface area (Å²) in [5, 5.41) is 3.87. The molecule has 0 radical (unpaired) electrons. The molecule has 0 unspecified atom stereocenters. The van der Waals surface area contributed by atoms with Crippen molar-refractivity contribution in [2.45, 2.75) is 25.7 Å². The monoisotopic (exact) mass is 179 g/mol. The molecular formula is C10H13NS. The normalized spacial score (nSPS) is 28.2. The molecule has 0 atom stereocenters. The standard InChI is InChI=1S/C10H13NS/c1-3-8(4-1)9-7-12-10-5-2-6-11(9)10/h5,7-8H,1-4,6H2. The molecule has 64 valence electrons. The molecule has 0 amide bonds. The summed E-state index contributed by atoms with van der Waals surface area (Å²) >= 11 is 1.92. The van der Waals surface area contributed by atoms with E-state index in [1.54, 1.807) is 5.70 Å². The van der Waals surface area contributed by atoms with Crippen LogP contribution in [0, 0.1) is 5.92 Å². The van der Waals surface area contributed by atoms with E-state index in [0.717, 1.165) is 5.92 Å². The number of hydrogen-bond donors (Lipinski definition) is 0. The Morgan fingerprint density at radius 2 is 2.33 bits per heavy atom. The Labute approximate surface area is 77.5 Å². The van der Waals surface area contributed by atoms with E-state index < -0.39 is 0 Å². The lowest BCUT2D eigenvalue weighted by molar-refractivity contribution is 0.299. The zero-order valence-electron chi connectivity index (χ0n) is 7.12. The second kappa shape index (κ2) is 2.56. The smallest absolute Gasteiger partial charge is 0.0753 e. The minimum absolute atomic E-state index is 0.904. The summed E-state index contributed by atoms with van der Waals surface area (Å²) in [5.41, 5.74) is 1.62. The lowest BCUT2D eigenvalue weighted by Crippen LogP contribution is -2.24. The van der Waals surface area contributed by atoms with Gasteiger partial charge in [0.2, 0.25) is 0 Å². The Morgan fingerprint density at radius 3 is 3.08 bits per heavy atom. The number of rotatable bonds is 1. The van der Waals surface area contributed by atoms with E-state index in [9.17, 15) is 0 Å². The average Bonchev–Trinajstić information content (AvgIpc) is 2.48. The number of thioether (sulfide) groups is 1. The predicted molar refractivity (Wildman–Crippen MR) is 52.4 cm³/mol. The van der Waals surface area contributed by atoms with E-state index in [4.69, 9.17) is 0 Å². The van der Waals surface area contributed by atoms with Crippen LogP contribution < -0.4 is 0 Å². The topological polar surface area (TPSA) is 3.24 Å². The zero-order valence-corrected chi connectivity index (χ0v) is 7.94. The van der Waals surface area contributed by atoms with E-state index >= 15 is 0 Å². The number of nitrogens with zero attached hydrogens (tertiary/aromatic N) is 1. The third kappa shape index (κ3) is 0.875. The lowest BCUT2D eigenvalue weighted by atomic mass is 9.83. The molecular weight excluding hydrogens is 166 g/mol. The quantitative estimate of drug-likeness (QED) is 0.609. The van der Waals surface area contributed by atoms with Gasteiger partial charge in [0.1, 0.15) is 0 Å². The average molecular weight is 179 g/mol. The highest BCUT2D eigenvalue weighted by atomic mass is 32.2. The van der Waals surface area contributed by atoms with Gasteiger partial charge in [0.05, 0.1) is 5.03 Å². The summed E-state index contributed by atoms with van der Waals surface area (Å²) in [5.74, 6) is 0.904. The van der Waals surface area contributed by atoms with Crippen molar-refractivity contribution in [2.24, 2.45) is 5.92 Å². The molecule has 3 aliphatic rings. The fourth-order valence-electron chi connectivity index (χ4n) is 2.11. The molecule has 2 heteroatoms. The largest absolute Gasteiger partial charge is 0.339 e. The van der Waals surface area contributed by atoms with Crippen molar-refractivity contribution in [3.63, 3.8) is 0 Å². The summed E-state index contributed by atoms with van der Waals surface area (Å²) < 4.78 is 0. The van der Waals surface area contributed by atoms with Crippen LogP contribution in [-0.4, -0.2) is 11.4 Å².